The Bertz CT molecular complexity index is 821. The van der Waals surface area contributed by atoms with Gasteiger partial charge in [0.2, 0.25) is 5.91 Å². The van der Waals surface area contributed by atoms with Crippen LogP contribution in [0.4, 0.5) is 5.69 Å². The average molecular weight is 479 g/mol. The molecule has 0 spiro atoms. The van der Waals surface area contributed by atoms with Gasteiger partial charge < -0.3 is 19.5 Å². The summed E-state index contributed by atoms with van der Waals surface area (Å²) in [6.45, 7) is 5.18. The van der Waals surface area contributed by atoms with E-state index < -0.39 is 17.3 Å². The highest BCUT2D eigenvalue weighted by Gasteiger charge is 2.32. The van der Waals surface area contributed by atoms with E-state index in [2.05, 4.69) is 0 Å². The van der Waals surface area contributed by atoms with E-state index in [0.717, 1.165) is 38.5 Å². The number of nitro groups is 1. The molecule has 0 aliphatic heterocycles. The van der Waals surface area contributed by atoms with Gasteiger partial charge in [-0.25, -0.2) is 0 Å². The van der Waals surface area contributed by atoms with Crippen LogP contribution in [0.25, 0.3) is 0 Å². The largest absolute Gasteiger partial charge is 0.494 e. The Hall–Kier alpha value is -2.68. The Kier molecular flexibility index (Phi) is 11.3. The fourth-order valence-corrected chi connectivity index (χ4v) is 4.48. The SMILES string of the molecule is CCC(OC(C)=O)N(C(=O)CCCCCOc1ccc([N+](=O)[O-])c(C(C)O)c1)C1CCCCC1. The lowest BCUT2D eigenvalue weighted by Crippen LogP contribution is -2.49. The van der Waals surface area contributed by atoms with Gasteiger partial charge in [-0.3, -0.25) is 19.7 Å². The summed E-state index contributed by atoms with van der Waals surface area (Å²) in [6.07, 6.45) is 6.91. The summed E-state index contributed by atoms with van der Waals surface area (Å²) < 4.78 is 11.2. The van der Waals surface area contributed by atoms with Crippen LogP contribution in [0.3, 0.4) is 0 Å². The maximum absolute atomic E-state index is 13.1. The van der Waals surface area contributed by atoms with Crippen molar-refractivity contribution in [3.05, 3.63) is 33.9 Å². The van der Waals surface area contributed by atoms with Crippen LogP contribution in [-0.2, 0) is 14.3 Å². The minimum atomic E-state index is -0.971. The zero-order chi connectivity index (χ0) is 25.1. The van der Waals surface area contributed by atoms with Gasteiger partial charge in [0, 0.05) is 31.9 Å². The number of benzene rings is 1. The summed E-state index contributed by atoms with van der Waals surface area (Å²) in [7, 11) is 0. The first kappa shape index (κ1) is 27.6. The molecule has 1 aromatic rings. The lowest BCUT2D eigenvalue weighted by molar-refractivity contribution is -0.386. The highest BCUT2D eigenvalue weighted by atomic mass is 16.6. The van der Waals surface area contributed by atoms with Crippen LogP contribution in [0.15, 0.2) is 18.2 Å². The smallest absolute Gasteiger partial charge is 0.304 e. The molecule has 9 nitrogen and oxygen atoms in total. The van der Waals surface area contributed by atoms with Crippen molar-refractivity contribution in [2.24, 2.45) is 0 Å². The molecule has 2 rings (SSSR count). The van der Waals surface area contributed by atoms with Crippen molar-refractivity contribution in [3.8, 4) is 5.75 Å². The van der Waals surface area contributed by atoms with E-state index in [-0.39, 0.29) is 29.2 Å². The Labute approximate surface area is 201 Å². The van der Waals surface area contributed by atoms with Crippen LogP contribution < -0.4 is 4.74 Å². The molecule has 1 saturated carbocycles. The molecule has 1 fully saturated rings. The summed E-state index contributed by atoms with van der Waals surface area (Å²) in [5, 5.41) is 20.9. The number of hydrogen-bond acceptors (Lipinski definition) is 7. The molecule has 1 aromatic carbocycles. The normalized spacial score (nSPS) is 15.9. The predicted octanol–water partition coefficient (Wildman–Crippen LogP) is 5.05. The van der Waals surface area contributed by atoms with Crippen LogP contribution in [0, 0.1) is 10.1 Å². The van der Waals surface area contributed by atoms with E-state index in [1.54, 1.807) is 0 Å². The second-order valence-corrected chi connectivity index (χ2v) is 8.88. The molecule has 0 bridgehead atoms. The minimum Gasteiger partial charge on any atom is -0.494 e. The van der Waals surface area contributed by atoms with Gasteiger partial charge in [-0.05, 0) is 51.2 Å². The van der Waals surface area contributed by atoms with Crippen molar-refractivity contribution in [2.45, 2.75) is 103 Å². The van der Waals surface area contributed by atoms with Gasteiger partial charge >= 0.3 is 5.97 Å². The lowest BCUT2D eigenvalue weighted by Gasteiger charge is -2.39. The molecule has 0 saturated heterocycles. The molecule has 1 aliphatic carbocycles. The Morgan fingerprint density at radius 2 is 1.91 bits per heavy atom. The van der Waals surface area contributed by atoms with Crippen molar-refractivity contribution >= 4 is 17.6 Å². The average Bonchev–Trinajstić information content (AvgIpc) is 2.80. The summed E-state index contributed by atoms with van der Waals surface area (Å²) in [4.78, 5) is 37.0. The van der Waals surface area contributed by atoms with Crippen LogP contribution in [0.1, 0.15) is 96.6 Å². The van der Waals surface area contributed by atoms with E-state index >= 15 is 0 Å². The summed E-state index contributed by atoms with van der Waals surface area (Å²) >= 11 is 0. The van der Waals surface area contributed by atoms with Crippen molar-refractivity contribution < 1.29 is 29.1 Å². The molecule has 1 amide bonds. The topological polar surface area (TPSA) is 119 Å². The van der Waals surface area contributed by atoms with Gasteiger partial charge in [0.25, 0.3) is 5.69 Å². The van der Waals surface area contributed by atoms with Gasteiger partial charge in [-0.15, -0.1) is 0 Å². The molecule has 9 heteroatoms. The van der Waals surface area contributed by atoms with Crippen LogP contribution in [0.5, 0.6) is 5.75 Å². The molecule has 2 atom stereocenters. The monoisotopic (exact) mass is 478 g/mol. The maximum atomic E-state index is 13.1. The quantitative estimate of drug-likeness (QED) is 0.138. The second-order valence-electron chi connectivity index (χ2n) is 8.88. The number of hydrogen-bond donors (Lipinski definition) is 1. The summed E-state index contributed by atoms with van der Waals surface area (Å²) in [5.41, 5.74) is 0.0803. The van der Waals surface area contributed by atoms with Crippen molar-refractivity contribution in [1.29, 1.82) is 0 Å². The number of nitro benzene ring substituents is 1. The molecule has 34 heavy (non-hydrogen) atoms. The van der Waals surface area contributed by atoms with Crippen molar-refractivity contribution in [1.82, 2.24) is 4.90 Å². The van der Waals surface area contributed by atoms with E-state index in [1.807, 2.05) is 11.8 Å². The maximum Gasteiger partial charge on any atom is 0.304 e. The number of amides is 1. The first-order valence-corrected chi connectivity index (χ1v) is 12.3. The number of ether oxygens (including phenoxy) is 2. The molecular formula is C25H38N2O7. The van der Waals surface area contributed by atoms with E-state index in [9.17, 15) is 24.8 Å². The number of unbranched alkanes of at least 4 members (excludes halogenated alkanes) is 2. The van der Waals surface area contributed by atoms with Gasteiger partial charge in [-0.1, -0.05) is 26.2 Å². The molecule has 190 valence electrons. The Morgan fingerprint density at radius 1 is 1.21 bits per heavy atom. The molecule has 0 radical (unpaired) electrons. The first-order chi connectivity index (χ1) is 16.2. The van der Waals surface area contributed by atoms with E-state index in [0.29, 0.717) is 31.6 Å². The zero-order valence-corrected chi connectivity index (χ0v) is 20.5. The highest BCUT2D eigenvalue weighted by molar-refractivity contribution is 5.77. The van der Waals surface area contributed by atoms with Crippen molar-refractivity contribution in [3.63, 3.8) is 0 Å². The molecule has 0 aromatic heterocycles. The molecule has 1 N–H and O–H groups in total. The number of rotatable bonds is 13. The minimum absolute atomic E-state index is 0.0258. The Morgan fingerprint density at radius 3 is 2.50 bits per heavy atom. The lowest BCUT2D eigenvalue weighted by atomic mass is 9.93. The van der Waals surface area contributed by atoms with Crippen LogP contribution in [-0.4, -0.2) is 45.7 Å². The molecule has 0 heterocycles. The number of esters is 1. The van der Waals surface area contributed by atoms with E-state index in [1.165, 1.54) is 38.5 Å². The molecule has 1 aliphatic rings. The van der Waals surface area contributed by atoms with Crippen molar-refractivity contribution in [2.75, 3.05) is 6.61 Å². The van der Waals surface area contributed by atoms with Gasteiger partial charge in [0.1, 0.15) is 5.75 Å². The third kappa shape index (κ3) is 8.27. The number of aliphatic hydroxyl groups is 1. The Balaban J connectivity index is 1.84. The van der Waals surface area contributed by atoms with Gasteiger partial charge in [-0.2, -0.15) is 0 Å². The fourth-order valence-electron chi connectivity index (χ4n) is 4.48. The standard InChI is InChI=1S/C25H38N2O7/c1-4-25(34-19(3)29)26(20-11-7-5-8-12-20)24(30)13-9-6-10-16-33-21-14-15-23(27(31)32)22(17-21)18(2)28/h14-15,17-18,20,25,28H,4-13,16H2,1-3H3. The fraction of sp³-hybridized carbons (Fsp3) is 0.680. The number of aliphatic hydroxyl groups excluding tert-OH is 1. The third-order valence-electron chi connectivity index (χ3n) is 6.17. The number of carbonyl (C=O) groups excluding carboxylic acids is 2. The highest BCUT2D eigenvalue weighted by Crippen LogP contribution is 2.29. The van der Waals surface area contributed by atoms with Gasteiger partial charge in [0.15, 0.2) is 6.23 Å². The number of carbonyl (C=O) groups is 2. The third-order valence-corrected chi connectivity index (χ3v) is 6.17. The number of nitrogens with zero attached hydrogens (tertiary/aromatic N) is 2. The van der Waals surface area contributed by atoms with Crippen LogP contribution in [0.2, 0.25) is 0 Å². The second kappa shape index (κ2) is 13.9. The molecular weight excluding hydrogens is 440 g/mol. The molecule has 2 unspecified atom stereocenters. The summed E-state index contributed by atoms with van der Waals surface area (Å²) in [6, 6.07) is 4.48. The predicted molar refractivity (Wildman–Crippen MR) is 127 cm³/mol. The first-order valence-electron chi connectivity index (χ1n) is 12.3. The van der Waals surface area contributed by atoms with Gasteiger partial charge in [0.05, 0.1) is 23.2 Å². The van der Waals surface area contributed by atoms with Crippen LogP contribution >= 0.6 is 0 Å². The van der Waals surface area contributed by atoms with E-state index in [4.69, 9.17) is 9.47 Å². The zero-order valence-electron chi connectivity index (χ0n) is 20.5. The summed E-state index contributed by atoms with van der Waals surface area (Å²) in [5.74, 6) is 0.119.